The van der Waals surface area contributed by atoms with Gasteiger partial charge in [-0.2, -0.15) is 0 Å². The van der Waals surface area contributed by atoms with Crippen LogP contribution in [0.15, 0.2) is 18.2 Å². The molecule has 27 heavy (non-hydrogen) atoms. The van der Waals surface area contributed by atoms with E-state index in [0.717, 1.165) is 31.2 Å². The van der Waals surface area contributed by atoms with Crippen LogP contribution in [0.25, 0.3) is 0 Å². The Morgan fingerprint density at radius 1 is 1.22 bits per heavy atom. The summed E-state index contributed by atoms with van der Waals surface area (Å²) in [6, 6.07) is 5.69. The molecule has 1 saturated heterocycles. The molecule has 2 fully saturated rings. The zero-order valence-corrected chi connectivity index (χ0v) is 15.9. The first-order valence-electron chi connectivity index (χ1n) is 9.35. The number of methoxy groups -OCH3 is 2. The number of carboxylic acid groups (broad SMARTS) is 1. The summed E-state index contributed by atoms with van der Waals surface area (Å²) in [5.74, 6) is 0.394. The Labute approximate surface area is 159 Å². The summed E-state index contributed by atoms with van der Waals surface area (Å²) in [6.07, 6.45) is 2.99. The minimum Gasteiger partial charge on any atom is -0.493 e. The first-order chi connectivity index (χ1) is 13.0. The summed E-state index contributed by atoms with van der Waals surface area (Å²) >= 11 is 0. The van der Waals surface area contributed by atoms with Crippen molar-refractivity contribution < 1.29 is 28.9 Å². The molecule has 148 valence electrons. The van der Waals surface area contributed by atoms with Gasteiger partial charge in [0.2, 0.25) is 5.91 Å². The number of aliphatic carboxylic acids is 1. The molecule has 7 heteroatoms. The second-order valence-corrected chi connectivity index (χ2v) is 7.20. The number of carbonyl (C=O) groups excluding carboxylic acids is 1. The fourth-order valence-electron chi connectivity index (χ4n) is 4.26. The molecule has 1 unspecified atom stereocenters. The molecule has 2 aliphatic rings. The summed E-state index contributed by atoms with van der Waals surface area (Å²) in [6.45, 7) is 1.18. The SMILES string of the molecule is COc1ccc(C2(C(=O)N3CCOC(CC(=O)O)C3)CCCC2)cc1OC. The number of hydrogen-bond donors (Lipinski definition) is 1. The van der Waals surface area contributed by atoms with Gasteiger partial charge >= 0.3 is 5.97 Å². The molecule has 1 aromatic rings. The molecule has 0 bridgehead atoms. The molecule has 1 saturated carbocycles. The highest BCUT2D eigenvalue weighted by Gasteiger charge is 2.46. The Morgan fingerprint density at radius 3 is 2.56 bits per heavy atom. The zero-order valence-electron chi connectivity index (χ0n) is 15.9. The van der Waals surface area contributed by atoms with Crippen molar-refractivity contribution in [3.63, 3.8) is 0 Å². The fourth-order valence-corrected chi connectivity index (χ4v) is 4.26. The van der Waals surface area contributed by atoms with Crippen molar-refractivity contribution in [2.24, 2.45) is 0 Å². The van der Waals surface area contributed by atoms with E-state index in [2.05, 4.69) is 0 Å². The van der Waals surface area contributed by atoms with E-state index >= 15 is 0 Å². The molecular formula is C20H27NO6. The van der Waals surface area contributed by atoms with E-state index < -0.39 is 17.5 Å². The lowest BCUT2D eigenvalue weighted by atomic mass is 9.77. The topological polar surface area (TPSA) is 85.3 Å². The Morgan fingerprint density at radius 2 is 1.93 bits per heavy atom. The monoisotopic (exact) mass is 377 g/mol. The summed E-state index contributed by atoms with van der Waals surface area (Å²) in [5, 5.41) is 9.03. The van der Waals surface area contributed by atoms with Gasteiger partial charge in [-0.15, -0.1) is 0 Å². The van der Waals surface area contributed by atoms with Crippen LogP contribution in [0.2, 0.25) is 0 Å². The average molecular weight is 377 g/mol. The van der Waals surface area contributed by atoms with Crippen LogP contribution in [0, 0.1) is 0 Å². The largest absolute Gasteiger partial charge is 0.493 e. The van der Waals surface area contributed by atoms with Crippen molar-refractivity contribution >= 4 is 11.9 Å². The highest BCUT2D eigenvalue weighted by atomic mass is 16.5. The van der Waals surface area contributed by atoms with E-state index in [1.165, 1.54) is 0 Å². The van der Waals surface area contributed by atoms with Gasteiger partial charge in [-0.1, -0.05) is 18.9 Å². The Balaban J connectivity index is 1.88. The lowest BCUT2D eigenvalue weighted by molar-refractivity contribution is -0.150. The lowest BCUT2D eigenvalue weighted by Crippen LogP contribution is -2.52. The van der Waals surface area contributed by atoms with Gasteiger partial charge in [-0.3, -0.25) is 9.59 Å². The molecule has 1 N–H and O–H groups in total. The maximum Gasteiger partial charge on any atom is 0.306 e. The highest BCUT2D eigenvalue weighted by Crippen LogP contribution is 2.45. The molecule has 1 aromatic carbocycles. The van der Waals surface area contributed by atoms with Crippen molar-refractivity contribution in [1.29, 1.82) is 0 Å². The molecule has 0 aromatic heterocycles. The third kappa shape index (κ3) is 3.88. The summed E-state index contributed by atoms with van der Waals surface area (Å²) in [5.41, 5.74) is 0.342. The van der Waals surface area contributed by atoms with Gasteiger partial charge in [0.25, 0.3) is 0 Å². The maximum atomic E-state index is 13.6. The number of carbonyl (C=O) groups is 2. The minimum absolute atomic E-state index is 0.0610. The molecule has 0 radical (unpaired) electrons. The molecule has 3 rings (SSSR count). The molecule has 0 spiro atoms. The van der Waals surface area contributed by atoms with E-state index in [1.807, 2.05) is 18.2 Å². The van der Waals surface area contributed by atoms with Crippen LogP contribution in [0.4, 0.5) is 0 Å². The van der Waals surface area contributed by atoms with E-state index in [9.17, 15) is 9.59 Å². The number of carboxylic acids is 1. The van der Waals surface area contributed by atoms with Crippen LogP contribution in [-0.2, 0) is 19.7 Å². The zero-order chi connectivity index (χ0) is 19.4. The molecule has 1 aliphatic heterocycles. The van der Waals surface area contributed by atoms with Gasteiger partial charge in [0.15, 0.2) is 11.5 Å². The van der Waals surface area contributed by atoms with E-state index in [-0.39, 0.29) is 12.3 Å². The van der Waals surface area contributed by atoms with Crippen molar-refractivity contribution in [3.05, 3.63) is 23.8 Å². The molecule has 7 nitrogen and oxygen atoms in total. The van der Waals surface area contributed by atoms with Gasteiger partial charge in [0.1, 0.15) is 0 Å². The smallest absolute Gasteiger partial charge is 0.306 e. The average Bonchev–Trinajstić information content (AvgIpc) is 3.17. The quantitative estimate of drug-likeness (QED) is 0.818. The molecule has 1 amide bonds. The van der Waals surface area contributed by atoms with E-state index in [0.29, 0.717) is 31.2 Å². The molecule has 1 heterocycles. The Bertz CT molecular complexity index is 698. The third-order valence-corrected chi connectivity index (χ3v) is 5.63. The molecule has 1 atom stereocenters. The minimum atomic E-state index is -0.912. The van der Waals surface area contributed by atoms with Crippen LogP contribution in [0.5, 0.6) is 11.5 Å². The van der Waals surface area contributed by atoms with Gasteiger partial charge in [0, 0.05) is 13.1 Å². The first kappa shape index (κ1) is 19.5. The van der Waals surface area contributed by atoms with Gasteiger partial charge in [-0.25, -0.2) is 0 Å². The van der Waals surface area contributed by atoms with Crippen LogP contribution in [0.1, 0.15) is 37.7 Å². The van der Waals surface area contributed by atoms with E-state index in [4.69, 9.17) is 19.3 Å². The lowest BCUT2D eigenvalue weighted by Gasteiger charge is -2.39. The maximum absolute atomic E-state index is 13.6. The van der Waals surface area contributed by atoms with Gasteiger partial charge < -0.3 is 24.2 Å². The van der Waals surface area contributed by atoms with Crippen LogP contribution >= 0.6 is 0 Å². The van der Waals surface area contributed by atoms with Crippen molar-refractivity contribution in [2.75, 3.05) is 33.9 Å². The third-order valence-electron chi connectivity index (χ3n) is 5.63. The second-order valence-electron chi connectivity index (χ2n) is 7.20. The van der Waals surface area contributed by atoms with Crippen LogP contribution in [-0.4, -0.2) is 61.9 Å². The Kier molecular flexibility index (Phi) is 5.89. The number of benzene rings is 1. The standard InChI is InChI=1S/C20H27NO6/c1-25-16-6-5-14(11-17(16)26-2)20(7-3-4-8-20)19(24)21-9-10-27-15(13-21)12-18(22)23/h5-6,11,15H,3-4,7-10,12-13H2,1-2H3,(H,22,23). The number of ether oxygens (including phenoxy) is 3. The number of hydrogen-bond acceptors (Lipinski definition) is 5. The number of morpholine rings is 1. The van der Waals surface area contributed by atoms with Gasteiger partial charge in [0.05, 0.1) is 38.8 Å². The van der Waals surface area contributed by atoms with Crippen molar-refractivity contribution in [1.82, 2.24) is 4.90 Å². The molecular weight excluding hydrogens is 350 g/mol. The fraction of sp³-hybridized carbons (Fsp3) is 0.600. The normalized spacial score (nSPS) is 21.7. The highest BCUT2D eigenvalue weighted by molar-refractivity contribution is 5.89. The summed E-state index contributed by atoms with van der Waals surface area (Å²) in [7, 11) is 3.17. The first-order valence-corrected chi connectivity index (χ1v) is 9.35. The van der Waals surface area contributed by atoms with Crippen molar-refractivity contribution in [3.8, 4) is 11.5 Å². The number of amides is 1. The van der Waals surface area contributed by atoms with Gasteiger partial charge in [-0.05, 0) is 30.5 Å². The number of rotatable bonds is 6. The summed E-state index contributed by atoms with van der Waals surface area (Å²) in [4.78, 5) is 26.3. The summed E-state index contributed by atoms with van der Waals surface area (Å²) < 4.78 is 16.3. The number of nitrogens with zero attached hydrogens (tertiary/aromatic N) is 1. The molecule has 1 aliphatic carbocycles. The van der Waals surface area contributed by atoms with Crippen LogP contribution < -0.4 is 9.47 Å². The second kappa shape index (κ2) is 8.17. The predicted molar refractivity (Wildman–Crippen MR) is 98.3 cm³/mol. The van der Waals surface area contributed by atoms with E-state index in [1.54, 1.807) is 19.1 Å². The Hall–Kier alpha value is -2.28. The van der Waals surface area contributed by atoms with Crippen LogP contribution in [0.3, 0.4) is 0 Å². The van der Waals surface area contributed by atoms with Crippen molar-refractivity contribution in [2.45, 2.75) is 43.6 Å². The predicted octanol–water partition coefficient (Wildman–Crippen LogP) is 2.22.